The van der Waals surface area contributed by atoms with Crippen LogP contribution in [0, 0.1) is 0 Å². The normalized spacial score (nSPS) is 14.6. The van der Waals surface area contributed by atoms with Gasteiger partial charge in [0.2, 0.25) is 0 Å². The Labute approximate surface area is 95.5 Å². The molecular formula is C14H16O2. The number of rotatable bonds is 4. The Morgan fingerprint density at radius 3 is 2.44 bits per heavy atom. The zero-order valence-corrected chi connectivity index (χ0v) is 9.39. The third-order valence-corrected chi connectivity index (χ3v) is 2.90. The van der Waals surface area contributed by atoms with E-state index in [2.05, 4.69) is 0 Å². The highest BCUT2D eigenvalue weighted by molar-refractivity contribution is 5.20. The quantitative estimate of drug-likeness (QED) is 0.851. The summed E-state index contributed by atoms with van der Waals surface area (Å²) in [6, 6.07) is 13.6. The van der Waals surface area contributed by atoms with Crippen molar-refractivity contribution in [3.05, 3.63) is 60.1 Å². The van der Waals surface area contributed by atoms with Gasteiger partial charge in [-0.1, -0.05) is 37.3 Å². The molecule has 0 aliphatic rings. The van der Waals surface area contributed by atoms with Crippen molar-refractivity contribution in [3.63, 3.8) is 0 Å². The van der Waals surface area contributed by atoms with Crippen molar-refractivity contribution in [2.24, 2.45) is 0 Å². The average molecular weight is 216 g/mol. The predicted molar refractivity (Wildman–Crippen MR) is 63.0 cm³/mol. The van der Waals surface area contributed by atoms with Crippen molar-refractivity contribution in [1.29, 1.82) is 0 Å². The van der Waals surface area contributed by atoms with Crippen LogP contribution in [0.25, 0.3) is 0 Å². The summed E-state index contributed by atoms with van der Waals surface area (Å²) in [6.45, 7) is 1.96. The van der Waals surface area contributed by atoms with Gasteiger partial charge in [-0.05, 0) is 24.1 Å². The Balaban J connectivity index is 2.23. The third-order valence-electron chi connectivity index (χ3n) is 2.90. The van der Waals surface area contributed by atoms with Gasteiger partial charge in [-0.3, -0.25) is 0 Å². The van der Waals surface area contributed by atoms with Gasteiger partial charge in [0.25, 0.3) is 0 Å². The Morgan fingerprint density at radius 1 is 1.12 bits per heavy atom. The molecule has 1 unspecified atom stereocenters. The summed E-state index contributed by atoms with van der Waals surface area (Å²) in [7, 11) is 0. The van der Waals surface area contributed by atoms with E-state index in [1.165, 1.54) is 0 Å². The molecular weight excluding hydrogens is 200 g/mol. The lowest BCUT2D eigenvalue weighted by molar-refractivity contribution is 0.0110. The molecule has 1 aromatic carbocycles. The molecule has 1 atom stereocenters. The molecule has 0 radical (unpaired) electrons. The molecule has 0 aliphatic heterocycles. The summed E-state index contributed by atoms with van der Waals surface area (Å²) in [4.78, 5) is 0. The van der Waals surface area contributed by atoms with Crippen molar-refractivity contribution >= 4 is 0 Å². The Kier molecular flexibility index (Phi) is 3.11. The summed E-state index contributed by atoms with van der Waals surface area (Å²) in [5, 5.41) is 10.5. The fraction of sp³-hybridized carbons (Fsp3) is 0.286. The number of benzene rings is 1. The van der Waals surface area contributed by atoms with Crippen LogP contribution in [-0.2, 0) is 12.0 Å². The van der Waals surface area contributed by atoms with E-state index in [1.54, 1.807) is 12.3 Å². The predicted octanol–water partition coefficient (Wildman–Crippen LogP) is 3.12. The molecule has 16 heavy (non-hydrogen) atoms. The maximum atomic E-state index is 10.5. The molecule has 1 heterocycles. The zero-order valence-electron chi connectivity index (χ0n) is 9.39. The van der Waals surface area contributed by atoms with Gasteiger partial charge in [-0.2, -0.15) is 0 Å². The molecule has 2 aromatic rings. The van der Waals surface area contributed by atoms with Crippen LogP contribution in [0.4, 0.5) is 0 Å². The summed E-state index contributed by atoms with van der Waals surface area (Å²) in [5.74, 6) is 0.638. The average Bonchev–Trinajstić information content (AvgIpc) is 2.84. The van der Waals surface area contributed by atoms with Crippen LogP contribution in [0.1, 0.15) is 24.7 Å². The highest BCUT2D eigenvalue weighted by Gasteiger charge is 2.30. The number of aliphatic hydroxyl groups is 1. The molecule has 84 valence electrons. The molecule has 0 saturated heterocycles. The van der Waals surface area contributed by atoms with Crippen molar-refractivity contribution in [2.75, 3.05) is 0 Å². The monoisotopic (exact) mass is 216 g/mol. The van der Waals surface area contributed by atoms with Crippen molar-refractivity contribution in [1.82, 2.24) is 0 Å². The summed E-state index contributed by atoms with van der Waals surface area (Å²) >= 11 is 0. The zero-order chi connectivity index (χ0) is 11.4. The van der Waals surface area contributed by atoms with Crippen LogP contribution in [-0.4, -0.2) is 5.11 Å². The van der Waals surface area contributed by atoms with Crippen LogP contribution in [0.2, 0.25) is 0 Å². The molecule has 2 heteroatoms. The van der Waals surface area contributed by atoms with Gasteiger partial charge in [0.15, 0.2) is 0 Å². The highest BCUT2D eigenvalue weighted by Crippen LogP contribution is 2.29. The van der Waals surface area contributed by atoms with Crippen molar-refractivity contribution in [3.8, 4) is 0 Å². The lowest BCUT2D eigenvalue weighted by Gasteiger charge is -2.24. The standard InChI is InChI=1S/C14H16O2/c1-2-14(15,13-9-6-10-16-13)11-12-7-4-3-5-8-12/h3-10,15H,2,11H2,1H3. The maximum absolute atomic E-state index is 10.5. The molecule has 0 spiro atoms. The van der Waals surface area contributed by atoms with Crippen LogP contribution >= 0.6 is 0 Å². The SMILES string of the molecule is CCC(O)(Cc1ccccc1)c1ccco1. The second-order valence-corrected chi connectivity index (χ2v) is 4.02. The van der Waals surface area contributed by atoms with E-state index < -0.39 is 5.60 Å². The molecule has 1 aromatic heterocycles. The topological polar surface area (TPSA) is 33.4 Å². The lowest BCUT2D eigenvalue weighted by atomic mass is 9.89. The van der Waals surface area contributed by atoms with Gasteiger partial charge in [0, 0.05) is 6.42 Å². The van der Waals surface area contributed by atoms with Gasteiger partial charge in [-0.15, -0.1) is 0 Å². The van der Waals surface area contributed by atoms with Gasteiger partial charge in [0.1, 0.15) is 11.4 Å². The third kappa shape index (κ3) is 2.17. The number of hydrogen-bond donors (Lipinski definition) is 1. The van der Waals surface area contributed by atoms with Crippen molar-refractivity contribution < 1.29 is 9.52 Å². The minimum atomic E-state index is -0.898. The molecule has 1 N–H and O–H groups in total. The lowest BCUT2D eigenvalue weighted by Crippen LogP contribution is -2.26. The molecule has 0 aliphatic carbocycles. The largest absolute Gasteiger partial charge is 0.466 e. The second-order valence-electron chi connectivity index (χ2n) is 4.02. The molecule has 2 rings (SSSR count). The highest BCUT2D eigenvalue weighted by atomic mass is 16.4. The first kappa shape index (κ1) is 11.0. The number of hydrogen-bond acceptors (Lipinski definition) is 2. The Hall–Kier alpha value is -1.54. The summed E-state index contributed by atoms with van der Waals surface area (Å²) in [5.41, 5.74) is 0.216. The van der Waals surface area contributed by atoms with Gasteiger partial charge in [-0.25, -0.2) is 0 Å². The Morgan fingerprint density at radius 2 is 1.88 bits per heavy atom. The minimum Gasteiger partial charge on any atom is -0.466 e. The maximum Gasteiger partial charge on any atom is 0.135 e. The van der Waals surface area contributed by atoms with E-state index >= 15 is 0 Å². The Bertz CT molecular complexity index is 419. The van der Waals surface area contributed by atoms with Crippen molar-refractivity contribution in [2.45, 2.75) is 25.4 Å². The van der Waals surface area contributed by atoms with E-state index in [0.717, 1.165) is 5.56 Å². The minimum absolute atomic E-state index is 0.581. The van der Waals surface area contributed by atoms with Gasteiger partial charge in [0.05, 0.1) is 6.26 Å². The first-order valence-electron chi connectivity index (χ1n) is 5.55. The smallest absolute Gasteiger partial charge is 0.135 e. The van der Waals surface area contributed by atoms with Crippen LogP contribution in [0.5, 0.6) is 0 Å². The fourth-order valence-electron chi connectivity index (χ4n) is 1.86. The van der Waals surface area contributed by atoms with E-state index in [4.69, 9.17) is 4.42 Å². The molecule has 2 nitrogen and oxygen atoms in total. The van der Waals surface area contributed by atoms with Crippen LogP contribution in [0.3, 0.4) is 0 Å². The molecule has 0 fully saturated rings. The summed E-state index contributed by atoms with van der Waals surface area (Å²) < 4.78 is 5.31. The van der Waals surface area contributed by atoms with Gasteiger partial charge < -0.3 is 9.52 Å². The first-order valence-corrected chi connectivity index (χ1v) is 5.55. The summed E-state index contributed by atoms with van der Waals surface area (Å²) in [6.07, 6.45) is 2.81. The van der Waals surface area contributed by atoms with E-state index in [1.807, 2.05) is 43.3 Å². The van der Waals surface area contributed by atoms with Gasteiger partial charge >= 0.3 is 0 Å². The van der Waals surface area contributed by atoms with Crippen LogP contribution < -0.4 is 0 Å². The fourth-order valence-corrected chi connectivity index (χ4v) is 1.86. The molecule has 0 saturated carbocycles. The van der Waals surface area contributed by atoms with Crippen LogP contribution in [0.15, 0.2) is 53.1 Å². The number of furan rings is 1. The second kappa shape index (κ2) is 4.54. The van der Waals surface area contributed by atoms with E-state index in [9.17, 15) is 5.11 Å². The molecule has 0 amide bonds. The van der Waals surface area contributed by atoms with E-state index in [-0.39, 0.29) is 0 Å². The first-order chi connectivity index (χ1) is 7.74. The van der Waals surface area contributed by atoms with E-state index in [0.29, 0.717) is 18.6 Å². The molecule has 0 bridgehead atoms.